The predicted octanol–water partition coefficient (Wildman–Crippen LogP) is 3.10. The van der Waals surface area contributed by atoms with Crippen molar-refractivity contribution in [2.75, 3.05) is 19.9 Å². The molecule has 1 N–H and O–H groups in total. The molecule has 0 aliphatic carbocycles. The SMILES string of the molecule is CC1C(=C=O)N(Cc2ccc(F)cc2)C(CO)CN1COc1ccc(Cl)cc1. The molecule has 2 aromatic carbocycles. The summed E-state index contributed by atoms with van der Waals surface area (Å²) in [7, 11) is 0. The number of benzene rings is 2. The zero-order valence-corrected chi connectivity index (χ0v) is 16.3. The molecule has 1 saturated heterocycles. The number of hydrogen-bond donors (Lipinski definition) is 1. The van der Waals surface area contributed by atoms with Crippen molar-refractivity contribution >= 4 is 17.5 Å². The first kappa shape index (κ1) is 20.4. The summed E-state index contributed by atoms with van der Waals surface area (Å²) < 4.78 is 19.0. The van der Waals surface area contributed by atoms with E-state index in [1.54, 1.807) is 36.4 Å². The maximum atomic E-state index is 13.2. The maximum Gasteiger partial charge on any atom is 0.147 e. The highest BCUT2D eigenvalue weighted by Gasteiger charge is 2.36. The summed E-state index contributed by atoms with van der Waals surface area (Å²) in [6.07, 6.45) is 0. The molecule has 5 nitrogen and oxygen atoms in total. The highest BCUT2D eigenvalue weighted by Crippen LogP contribution is 2.26. The summed E-state index contributed by atoms with van der Waals surface area (Å²) in [6.45, 7) is 2.94. The van der Waals surface area contributed by atoms with Gasteiger partial charge in [0.15, 0.2) is 0 Å². The molecule has 7 heteroatoms. The fourth-order valence-corrected chi connectivity index (χ4v) is 3.42. The third-order valence-electron chi connectivity index (χ3n) is 4.93. The molecular weight excluding hydrogens is 383 g/mol. The van der Waals surface area contributed by atoms with Gasteiger partial charge in [-0.25, -0.2) is 9.18 Å². The molecule has 2 aromatic rings. The van der Waals surface area contributed by atoms with E-state index in [1.165, 1.54) is 12.1 Å². The van der Waals surface area contributed by atoms with Crippen LogP contribution in [0.5, 0.6) is 5.75 Å². The van der Waals surface area contributed by atoms with Crippen molar-refractivity contribution < 1.29 is 19.0 Å². The van der Waals surface area contributed by atoms with Gasteiger partial charge in [-0.3, -0.25) is 4.90 Å². The van der Waals surface area contributed by atoms with Crippen LogP contribution in [0.4, 0.5) is 4.39 Å². The Labute approximate surface area is 168 Å². The van der Waals surface area contributed by atoms with Gasteiger partial charge in [0.1, 0.15) is 29.9 Å². The van der Waals surface area contributed by atoms with E-state index in [4.69, 9.17) is 16.3 Å². The third kappa shape index (κ3) is 4.72. The number of ether oxygens (including phenoxy) is 1. The van der Waals surface area contributed by atoms with Gasteiger partial charge in [0.25, 0.3) is 0 Å². The summed E-state index contributed by atoms with van der Waals surface area (Å²) in [5, 5.41) is 10.5. The minimum Gasteiger partial charge on any atom is -0.478 e. The van der Waals surface area contributed by atoms with Gasteiger partial charge in [0, 0.05) is 18.1 Å². The first-order valence-corrected chi connectivity index (χ1v) is 9.39. The fraction of sp³-hybridized carbons (Fsp3) is 0.333. The number of carbonyl (C=O) groups excluding carboxylic acids is 1. The Hall–Kier alpha value is -2.37. The molecule has 1 fully saturated rings. The van der Waals surface area contributed by atoms with Crippen LogP contribution in [0.3, 0.4) is 0 Å². The van der Waals surface area contributed by atoms with Crippen molar-refractivity contribution in [2.24, 2.45) is 0 Å². The monoisotopic (exact) mass is 404 g/mol. The van der Waals surface area contributed by atoms with Crippen LogP contribution < -0.4 is 4.74 Å². The molecule has 28 heavy (non-hydrogen) atoms. The highest BCUT2D eigenvalue weighted by molar-refractivity contribution is 6.30. The van der Waals surface area contributed by atoms with E-state index >= 15 is 0 Å². The van der Waals surface area contributed by atoms with Crippen molar-refractivity contribution in [3.63, 3.8) is 0 Å². The number of piperazine rings is 1. The standard InChI is InChI=1S/C21H22ClFN2O3/c1-15-21(13-27)25(10-16-2-6-18(23)7-3-16)19(12-26)11-24(15)14-28-20-8-4-17(22)5-9-20/h2-9,15,19,26H,10-12,14H2,1H3. The molecule has 3 rings (SSSR count). The average molecular weight is 405 g/mol. The first-order valence-electron chi connectivity index (χ1n) is 9.01. The van der Waals surface area contributed by atoms with Crippen molar-refractivity contribution in [1.82, 2.24) is 9.80 Å². The normalized spacial score (nSPS) is 20.1. The largest absolute Gasteiger partial charge is 0.478 e. The average Bonchev–Trinajstić information content (AvgIpc) is 2.70. The minimum atomic E-state index is -0.314. The van der Waals surface area contributed by atoms with E-state index in [2.05, 4.69) is 0 Å². The predicted molar refractivity (Wildman–Crippen MR) is 105 cm³/mol. The van der Waals surface area contributed by atoms with Crippen LogP contribution >= 0.6 is 11.6 Å². The van der Waals surface area contributed by atoms with Crippen molar-refractivity contribution in [3.05, 3.63) is 70.6 Å². The van der Waals surface area contributed by atoms with Gasteiger partial charge in [-0.2, -0.15) is 0 Å². The number of rotatable bonds is 6. The quantitative estimate of drug-likeness (QED) is 0.750. The summed E-state index contributed by atoms with van der Waals surface area (Å²) in [6, 6.07) is 12.6. The number of aliphatic hydroxyl groups excluding tert-OH is 1. The van der Waals surface area contributed by atoms with Gasteiger partial charge in [-0.1, -0.05) is 23.7 Å². The summed E-state index contributed by atoms with van der Waals surface area (Å²) in [4.78, 5) is 15.5. The Kier molecular flexibility index (Phi) is 6.70. The summed E-state index contributed by atoms with van der Waals surface area (Å²) >= 11 is 5.88. The molecule has 148 valence electrons. The second-order valence-electron chi connectivity index (χ2n) is 6.75. The molecular formula is C21H22ClFN2O3. The zero-order chi connectivity index (χ0) is 20.1. The molecule has 2 unspecified atom stereocenters. The molecule has 1 aliphatic rings. The smallest absolute Gasteiger partial charge is 0.147 e. The number of aliphatic hydroxyl groups is 1. The van der Waals surface area contributed by atoms with Crippen LogP contribution in [0.1, 0.15) is 12.5 Å². The van der Waals surface area contributed by atoms with Gasteiger partial charge in [0.2, 0.25) is 0 Å². The fourth-order valence-electron chi connectivity index (χ4n) is 3.29. The Morgan fingerprint density at radius 2 is 1.89 bits per heavy atom. The zero-order valence-electron chi connectivity index (χ0n) is 15.5. The van der Waals surface area contributed by atoms with Crippen LogP contribution in [-0.4, -0.2) is 52.8 Å². The maximum absolute atomic E-state index is 13.2. The van der Waals surface area contributed by atoms with Crippen LogP contribution in [0.15, 0.2) is 54.2 Å². The van der Waals surface area contributed by atoms with Crippen LogP contribution in [0.2, 0.25) is 5.02 Å². The molecule has 2 atom stereocenters. The third-order valence-corrected chi connectivity index (χ3v) is 5.18. The van der Waals surface area contributed by atoms with Gasteiger partial charge < -0.3 is 14.7 Å². The topological polar surface area (TPSA) is 53.0 Å². The Morgan fingerprint density at radius 1 is 1.21 bits per heavy atom. The molecule has 0 amide bonds. The Balaban J connectivity index is 1.72. The Bertz CT molecular complexity index is 838. The van der Waals surface area contributed by atoms with Crippen LogP contribution in [-0.2, 0) is 11.3 Å². The molecule has 1 aliphatic heterocycles. The van der Waals surface area contributed by atoms with Gasteiger partial charge in [-0.15, -0.1) is 0 Å². The Morgan fingerprint density at radius 3 is 2.50 bits per heavy atom. The number of nitrogens with zero attached hydrogens (tertiary/aromatic N) is 2. The lowest BCUT2D eigenvalue weighted by atomic mass is 10.0. The first-order chi connectivity index (χ1) is 13.5. The van der Waals surface area contributed by atoms with E-state index in [0.717, 1.165) is 5.56 Å². The highest BCUT2D eigenvalue weighted by atomic mass is 35.5. The van der Waals surface area contributed by atoms with Crippen molar-refractivity contribution in [2.45, 2.75) is 25.6 Å². The van der Waals surface area contributed by atoms with E-state index in [1.807, 2.05) is 22.7 Å². The second kappa shape index (κ2) is 9.22. The molecule has 0 bridgehead atoms. The van der Waals surface area contributed by atoms with E-state index in [-0.39, 0.29) is 31.2 Å². The molecule has 0 saturated carbocycles. The van der Waals surface area contributed by atoms with Crippen LogP contribution in [0, 0.1) is 5.82 Å². The molecule has 0 spiro atoms. The lowest BCUT2D eigenvalue weighted by Crippen LogP contribution is -2.57. The van der Waals surface area contributed by atoms with Crippen molar-refractivity contribution in [3.8, 4) is 5.75 Å². The van der Waals surface area contributed by atoms with Gasteiger partial charge in [-0.05, 0) is 48.9 Å². The van der Waals surface area contributed by atoms with Gasteiger partial charge in [0.05, 0.1) is 18.7 Å². The number of hydrogen-bond acceptors (Lipinski definition) is 5. The van der Waals surface area contributed by atoms with E-state index in [9.17, 15) is 14.3 Å². The second-order valence-corrected chi connectivity index (χ2v) is 7.19. The minimum absolute atomic E-state index is 0.128. The van der Waals surface area contributed by atoms with E-state index < -0.39 is 0 Å². The van der Waals surface area contributed by atoms with Crippen LogP contribution in [0.25, 0.3) is 0 Å². The van der Waals surface area contributed by atoms with Gasteiger partial charge >= 0.3 is 0 Å². The molecule has 0 aromatic heterocycles. The molecule has 0 radical (unpaired) electrons. The summed E-state index contributed by atoms with van der Waals surface area (Å²) in [5.74, 6) is 2.38. The lowest BCUT2D eigenvalue weighted by molar-refractivity contribution is 0.00510. The number of halogens is 2. The lowest BCUT2D eigenvalue weighted by Gasteiger charge is -2.45. The molecule has 1 heterocycles. The van der Waals surface area contributed by atoms with Crippen molar-refractivity contribution in [1.29, 1.82) is 0 Å². The van der Waals surface area contributed by atoms with E-state index in [0.29, 0.717) is 29.6 Å². The summed E-state index contributed by atoms with van der Waals surface area (Å²) in [5.41, 5.74) is 1.29.